The van der Waals surface area contributed by atoms with E-state index in [0.29, 0.717) is 27.3 Å². The summed E-state index contributed by atoms with van der Waals surface area (Å²) in [6, 6.07) is 14.5. The van der Waals surface area contributed by atoms with Gasteiger partial charge in [-0.05, 0) is 36.2 Å². The summed E-state index contributed by atoms with van der Waals surface area (Å²) in [6.45, 7) is 4.19. The molecule has 0 radical (unpaired) electrons. The van der Waals surface area contributed by atoms with Crippen molar-refractivity contribution < 1.29 is 4.79 Å². The van der Waals surface area contributed by atoms with Gasteiger partial charge in [-0.2, -0.15) is 5.10 Å². The number of nitrogens with one attached hydrogen (secondary N) is 1. The summed E-state index contributed by atoms with van der Waals surface area (Å²) >= 11 is 6.14. The Kier molecular flexibility index (Phi) is 5.61. The minimum atomic E-state index is -0.224. The lowest BCUT2D eigenvalue weighted by Crippen LogP contribution is -2.29. The number of fused-ring (bicyclic) bond motifs is 1. The number of para-hydroxylation sites is 1. The molecule has 0 aliphatic carbocycles. The molecule has 0 saturated heterocycles. The molecule has 1 N–H and O–H groups in total. The SMILES string of the molecule is CC(C)c1c(C(=O)N(C)Cc2nc3ccccc3c(=O)[nH]2)cnn1-c1cccc(Cl)c1. The average molecular weight is 436 g/mol. The normalized spacial score (nSPS) is 11.3. The van der Waals surface area contributed by atoms with Gasteiger partial charge in [-0.1, -0.05) is 43.6 Å². The predicted octanol–water partition coefficient (Wildman–Crippen LogP) is 4.16. The number of aromatic nitrogens is 4. The van der Waals surface area contributed by atoms with E-state index in [-0.39, 0.29) is 23.9 Å². The number of carbonyl (C=O) groups is 1. The van der Waals surface area contributed by atoms with Crippen LogP contribution < -0.4 is 5.56 Å². The molecule has 0 saturated carbocycles. The van der Waals surface area contributed by atoms with E-state index in [0.717, 1.165) is 11.4 Å². The Morgan fingerprint density at radius 3 is 2.71 bits per heavy atom. The number of halogens is 1. The van der Waals surface area contributed by atoms with Crippen LogP contribution in [-0.4, -0.2) is 37.6 Å². The second-order valence-electron chi connectivity index (χ2n) is 7.68. The Morgan fingerprint density at radius 2 is 1.97 bits per heavy atom. The average Bonchev–Trinajstić information content (AvgIpc) is 3.19. The van der Waals surface area contributed by atoms with E-state index < -0.39 is 0 Å². The van der Waals surface area contributed by atoms with Crippen LogP contribution in [0.5, 0.6) is 0 Å². The quantitative estimate of drug-likeness (QED) is 0.510. The van der Waals surface area contributed by atoms with Crippen LogP contribution in [0.15, 0.2) is 59.5 Å². The van der Waals surface area contributed by atoms with Gasteiger partial charge in [0.05, 0.1) is 40.6 Å². The fraction of sp³-hybridized carbons (Fsp3) is 0.217. The predicted molar refractivity (Wildman–Crippen MR) is 121 cm³/mol. The van der Waals surface area contributed by atoms with Gasteiger partial charge in [0.2, 0.25) is 0 Å². The Morgan fingerprint density at radius 1 is 1.19 bits per heavy atom. The summed E-state index contributed by atoms with van der Waals surface area (Å²) in [7, 11) is 1.68. The van der Waals surface area contributed by atoms with E-state index in [1.54, 1.807) is 42.2 Å². The highest BCUT2D eigenvalue weighted by atomic mass is 35.5. The topological polar surface area (TPSA) is 83.9 Å². The van der Waals surface area contributed by atoms with Crippen molar-refractivity contribution in [1.82, 2.24) is 24.6 Å². The molecule has 0 aliphatic heterocycles. The van der Waals surface area contributed by atoms with Crippen molar-refractivity contribution in [3.05, 3.63) is 87.2 Å². The van der Waals surface area contributed by atoms with Gasteiger partial charge < -0.3 is 9.88 Å². The number of H-pyrrole nitrogens is 1. The number of amides is 1. The zero-order valence-electron chi connectivity index (χ0n) is 17.5. The Labute approximate surface area is 184 Å². The van der Waals surface area contributed by atoms with Gasteiger partial charge in [0, 0.05) is 12.1 Å². The van der Waals surface area contributed by atoms with E-state index in [9.17, 15) is 9.59 Å². The molecule has 0 spiro atoms. The molecule has 7 nitrogen and oxygen atoms in total. The monoisotopic (exact) mass is 435 g/mol. The fourth-order valence-electron chi connectivity index (χ4n) is 3.60. The van der Waals surface area contributed by atoms with Crippen LogP contribution in [0, 0.1) is 0 Å². The zero-order chi connectivity index (χ0) is 22.1. The first-order valence-corrected chi connectivity index (χ1v) is 10.3. The zero-order valence-corrected chi connectivity index (χ0v) is 18.2. The molecule has 1 amide bonds. The summed E-state index contributed by atoms with van der Waals surface area (Å²) < 4.78 is 1.74. The molecule has 2 aromatic carbocycles. The fourth-order valence-corrected chi connectivity index (χ4v) is 3.79. The molecule has 8 heteroatoms. The Bertz CT molecular complexity index is 1330. The van der Waals surface area contributed by atoms with Crippen LogP contribution in [0.4, 0.5) is 0 Å². The third-order valence-corrected chi connectivity index (χ3v) is 5.27. The number of aromatic amines is 1. The van der Waals surface area contributed by atoms with Crippen LogP contribution in [0.3, 0.4) is 0 Å². The lowest BCUT2D eigenvalue weighted by atomic mass is 10.0. The molecule has 2 aromatic heterocycles. The van der Waals surface area contributed by atoms with E-state index in [2.05, 4.69) is 15.1 Å². The summed E-state index contributed by atoms with van der Waals surface area (Å²) in [6.07, 6.45) is 1.58. The number of benzene rings is 2. The van der Waals surface area contributed by atoms with Crippen LogP contribution in [-0.2, 0) is 6.54 Å². The maximum absolute atomic E-state index is 13.3. The molecule has 0 aliphatic rings. The van der Waals surface area contributed by atoms with Crippen molar-refractivity contribution in [1.29, 1.82) is 0 Å². The first-order valence-electron chi connectivity index (χ1n) is 9.92. The summed E-state index contributed by atoms with van der Waals surface area (Å²) in [5.41, 5.74) is 2.45. The highest BCUT2D eigenvalue weighted by Gasteiger charge is 2.24. The molecule has 31 heavy (non-hydrogen) atoms. The lowest BCUT2D eigenvalue weighted by molar-refractivity contribution is 0.0780. The number of nitrogens with zero attached hydrogens (tertiary/aromatic N) is 4. The van der Waals surface area contributed by atoms with Crippen LogP contribution in [0.1, 0.15) is 41.6 Å². The third-order valence-electron chi connectivity index (χ3n) is 5.03. The molecule has 158 valence electrons. The van der Waals surface area contributed by atoms with Crippen molar-refractivity contribution in [3.63, 3.8) is 0 Å². The number of hydrogen-bond acceptors (Lipinski definition) is 4. The number of carbonyl (C=O) groups excluding carboxylic acids is 1. The van der Waals surface area contributed by atoms with Gasteiger partial charge in [0.1, 0.15) is 5.82 Å². The van der Waals surface area contributed by atoms with Crippen molar-refractivity contribution in [3.8, 4) is 5.69 Å². The molecular weight excluding hydrogens is 414 g/mol. The highest BCUT2D eigenvalue weighted by Crippen LogP contribution is 2.25. The largest absolute Gasteiger partial charge is 0.334 e. The summed E-state index contributed by atoms with van der Waals surface area (Å²) in [4.78, 5) is 34.4. The van der Waals surface area contributed by atoms with Gasteiger partial charge in [-0.3, -0.25) is 9.59 Å². The number of rotatable bonds is 5. The first kappa shape index (κ1) is 20.8. The summed E-state index contributed by atoms with van der Waals surface area (Å²) in [5.74, 6) is 0.271. The number of hydrogen-bond donors (Lipinski definition) is 1. The molecule has 2 heterocycles. The molecule has 4 rings (SSSR count). The summed E-state index contributed by atoms with van der Waals surface area (Å²) in [5, 5.41) is 5.57. The van der Waals surface area contributed by atoms with E-state index in [1.165, 1.54) is 4.90 Å². The van der Waals surface area contributed by atoms with Crippen molar-refractivity contribution in [2.75, 3.05) is 7.05 Å². The van der Waals surface area contributed by atoms with Crippen LogP contribution in [0.2, 0.25) is 5.02 Å². The lowest BCUT2D eigenvalue weighted by Gasteiger charge is -2.18. The first-order chi connectivity index (χ1) is 14.8. The standard InChI is InChI=1S/C23H22ClN5O2/c1-14(2)21-18(12-25-29(21)16-8-6-7-15(24)11-16)23(31)28(3)13-20-26-19-10-5-4-9-17(19)22(30)27-20/h4-12,14H,13H2,1-3H3,(H,26,27,30). The van der Waals surface area contributed by atoms with Gasteiger partial charge >= 0.3 is 0 Å². The molecule has 0 atom stereocenters. The van der Waals surface area contributed by atoms with Crippen molar-refractivity contribution in [2.45, 2.75) is 26.3 Å². The highest BCUT2D eigenvalue weighted by molar-refractivity contribution is 6.30. The van der Waals surface area contributed by atoms with E-state index in [4.69, 9.17) is 11.6 Å². The third kappa shape index (κ3) is 4.09. The van der Waals surface area contributed by atoms with E-state index in [1.807, 2.05) is 38.1 Å². The van der Waals surface area contributed by atoms with Gasteiger partial charge in [-0.25, -0.2) is 9.67 Å². The maximum atomic E-state index is 13.3. The Hall–Kier alpha value is -3.45. The van der Waals surface area contributed by atoms with E-state index >= 15 is 0 Å². The minimum absolute atomic E-state index is 0.0485. The van der Waals surface area contributed by atoms with Gasteiger partial charge in [-0.15, -0.1) is 0 Å². The van der Waals surface area contributed by atoms with Crippen LogP contribution >= 0.6 is 11.6 Å². The molecule has 0 bridgehead atoms. The second-order valence-corrected chi connectivity index (χ2v) is 8.12. The molecule has 4 aromatic rings. The van der Waals surface area contributed by atoms with Crippen molar-refractivity contribution in [2.24, 2.45) is 0 Å². The van der Waals surface area contributed by atoms with Gasteiger partial charge in [0.15, 0.2) is 0 Å². The minimum Gasteiger partial charge on any atom is -0.334 e. The molecule has 0 unspecified atom stereocenters. The van der Waals surface area contributed by atoms with Crippen molar-refractivity contribution >= 4 is 28.4 Å². The Balaban J connectivity index is 1.66. The second kappa shape index (κ2) is 8.35. The maximum Gasteiger partial charge on any atom is 0.258 e. The molecular formula is C23H22ClN5O2. The van der Waals surface area contributed by atoms with Gasteiger partial charge in [0.25, 0.3) is 11.5 Å². The smallest absolute Gasteiger partial charge is 0.258 e. The van der Waals surface area contributed by atoms with Crippen LogP contribution in [0.25, 0.3) is 16.6 Å². The molecule has 0 fully saturated rings.